The lowest BCUT2D eigenvalue weighted by Crippen LogP contribution is -2.29. The van der Waals surface area contributed by atoms with Crippen LogP contribution in [-0.4, -0.2) is 37.4 Å². The van der Waals surface area contributed by atoms with Gasteiger partial charge in [-0.15, -0.1) is 0 Å². The molecule has 1 unspecified atom stereocenters. The van der Waals surface area contributed by atoms with E-state index >= 15 is 0 Å². The summed E-state index contributed by atoms with van der Waals surface area (Å²) in [5.41, 5.74) is 0.845. The Bertz CT molecular complexity index is 409. The Morgan fingerprint density at radius 3 is 2.94 bits per heavy atom. The molecule has 0 bridgehead atoms. The zero-order valence-electron chi connectivity index (χ0n) is 10.6. The molecule has 0 spiro atoms. The summed E-state index contributed by atoms with van der Waals surface area (Å²) in [7, 11) is 1.49. The minimum Gasteiger partial charge on any atom is -0.391 e. The Hall–Kier alpha value is -1.46. The summed E-state index contributed by atoms with van der Waals surface area (Å²) in [5.74, 6) is -1.02. The molecule has 0 aliphatic rings. The predicted molar refractivity (Wildman–Crippen MR) is 66.0 cm³/mol. The van der Waals surface area contributed by atoms with Crippen molar-refractivity contribution in [1.29, 1.82) is 0 Å². The van der Waals surface area contributed by atoms with Gasteiger partial charge in [-0.3, -0.25) is 4.79 Å². The number of ether oxygens (including phenoxy) is 1. The number of carbonyl (C=O) groups is 1. The molecule has 0 aliphatic heterocycles. The average Bonchev–Trinajstić information content (AvgIpc) is 2.32. The minimum absolute atomic E-state index is 0.0243. The molecule has 100 valence electrons. The van der Waals surface area contributed by atoms with E-state index in [9.17, 15) is 14.3 Å². The van der Waals surface area contributed by atoms with Crippen molar-refractivity contribution in [3.8, 4) is 0 Å². The summed E-state index contributed by atoms with van der Waals surface area (Å²) in [5, 5.41) is 11.9. The smallest absolute Gasteiger partial charge is 0.254 e. The largest absolute Gasteiger partial charge is 0.391 e. The first-order chi connectivity index (χ1) is 8.54. The summed E-state index contributed by atoms with van der Waals surface area (Å²) < 4.78 is 18.2. The van der Waals surface area contributed by atoms with E-state index in [-0.39, 0.29) is 18.7 Å². The molecule has 18 heavy (non-hydrogen) atoms. The van der Waals surface area contributed by atoms with E-state index in [1.54, 1.807) is 13.0 Å². The van der Waals surface area contributed by atoms with Crippen LogP contribution in [0.5, 0.6) is 0 Å². The van der Waals surface area contributed by atoms with Crippen molar-refractivity contribution in [2.24, 2.45) is 0 Å². The van der Waals surface area contributed by atoms with Crippen molar-refractivity contribution in [2.75, 3.05) is 20.3 Å². The van der Waals surface area contributed by atoms with Crippen molar-refractivity contribution < 1.29 is 19.0 Å². The van der Waals surface area contributed by atoms with Crippen molar-refractivity contribution >= 4 is 5.91 Å². The Kier molecular flexibility index (Phi) is 5.74. The van der Waals surface area contributed by atoms with E-state index in [4.69, 9.17) is 4.74 Å². The fraction of sp³-hybridized carbons (Fsp3) is 0.462. The van der Waals surface area contributed by atoms with E-state index in [0.29, 0.717) is 6.42 Å². The summed E-state index contributed by atoms with van der Waals surface area (Å²) in [4.78, 5) is 11.7. The second-order valence-electron chi connectivity index (χ2n) is 4.14. The number of aryl methyl sites for hydroxylation is 1. The summed E-state index contributed by atoms with van der Waals surface area (Å²) in [6.45, 7) is 2.28. The number of aliphatic hydroxyl groups is 1. The highest BCUT2D eigenvalue weighted by atomic mass is 19.1. The molecule has 1 atom stereocenters. The molecular weight excluding hydrogens is 237 g/mol. The van der Waals surface area contributed by atoms with Crippen molar-refractivity contribution in [3.63, 3.8) is 0 Å². The topological polar surface area (TPSA) is 58.6 Å². The highest BCUT2D eigenvalue weighted by Crippen LogP contribution is 2.09. The molecule has 1 amide bonds. The molecule has 0 aromatic heterocycles. The maximum absolute atomic E-state index is 13.4. The van der Waals surface area contributed by atoms with Gasteiger partial charge in [0.05, 0.1) is 18.3 Å². The first-order valence-corrected chi connectivity index (χ1v) is 5.76. The van der Waals surface area contributed by atoms with Gasteiger partial charge in [-0.05, 0) is 25.5 Å². The fourth-order valence-electron chi connectivity index (χ4n) is 1.54. The number of halogens is 1. The predicted octanol–water partition coefficient (Wildman–Crippen LogP) is 1.26. The van der Waals surface area contributed by atoms with Crippen LogP contribution in [0, 0.1) is 12.7 Å². The van der Waals surface area contributed by atoms with Gasteiger partial charge >= 0.3 is 0 Å². The molecule has 1 aromatic rings. The lowest BCUT2D eigenvalue weighted by molar-refractivity contribution is 0.0587. The SMILES string of the molecule is COCC(O)CCNC(=O)c1cc(C)ccc1F. The molecule has 4 nitrogen and oxygen atoms in total. The van der Waals surface area contributed by atoms with Gasteiger partial charge in [0.25, 0.3) is 5.91 Å². The highest BCUT2D eigenvalue weighted by Gasteiger charge is 2.12. The third kappa shape index (κ3) is 4.43. The Labute approximate surface area is 106 Å². The maximum Gasteiger partial charge on any atom is 0.254 e. The van der Waals surface area contributed by atoms with E-state index in [0.717, 1.165) is 5.56 Å². The van der Waals surface area contributed by atoms with Crippen LogP contribution in [0.1, 0.15) is 22.3 Å². The molecule has 0 radical (unpaired) electrons. The van der Waals surface area contributed by atoms with Crippen molar-refractivity contribution in [3.05, 3.63) is 35.1 Å². The first kappa shape index (κ1) is 14.6. The van der Waals surface area contributed by atoms with Gasteiger partial charge in [0.15, 0.2) is 0 Å². The van der Waals surface area contributed by atoms with E-state index in [2.05, 4.69) is 5.32 Å². The number of carbonyl (C=O) groups excluding carboxylic acids is 1. The van der Waals surface area contributed by atoms with Crippen LogP contribution in [0.3, 0.4) is 0 Å². The van der Waals surface area contributed by atoms with Crippen LogP contribution in [0.15, 0.2) is 18.2 Å². The van der Waals surface area contributed by atoms with Gasteiger partial charge in [-0.1, -0.05) is 11.6 Å². The highest BCUT2D eigenvalue weighted by molar-refractivity contribution is 5.94. The molecule has 0 heterocycles. The van der Waals surface area contributed by atoms with Crippen molar-refractivity contribution in [1.82, 2.24) is 5.32 Å². The van der Waals surface area contributed by atoms with Crippen LogP contribution in [0.4, 0.5) is 4.39 Å². The number of benzene rings is 1. The standard InChI is InChI=1S/C13H18FNO3/c1-9-3-4-12(14)11(7-9)13(17)15-6-5-10(16)8-18-2/h3-4,7,10,16H,5-6,8H2,1-2H3,(H,15,17). The van der Waals surface area contributed by atoms with E-state index in [1.807, 2.05) is 0 Å². The summed E-state index contributed by atoms with van der Waals surface area (Å²) >= 11 is 0. The van der Waals surface area contributed by atoms with Crippen LogP contribution >= 0.6 is 0 Å². The van der Waals surface area contributed by atoms with Crippen LogP contribution < -0.4 is 5.32 Å². The monoisotopic (exact) mass is 255 g/mol. The number of aliphatic hydroxyl groups excluding tert-OH is 1. The summed E-state index contributed by atoms with van der Waals surface area (Å²) in [6, 6.07) is 4.37. The number of nitrogens with one attached hydrogen (secondary N) is 1. The van der Waals surface area contributed by atoms with Crippen molar-refractivity contribution in [2.45, 2.75) is 19.4 Å². The molecule has 0 saturated heterocycles. The molecular formula is C13H18FNO3. The number of hydrogen-bond acceptors (Lipinski definition) is 3. The fourth-order valence-corrected chi connectivity index (χ4v) is 1.54. The average molecular weight is 255 g/mol. The third-order valence-electron chi connectivity index (χ3n) is 2.49. The number of methoxy groups -OCH3 is 1. The van der Waals surface area contributed by atoms with E-state index < -0.39 is 17.8 Å². The molecule has 2 N–H and O–H groups in total. The number of hydrogen-bond donors (Lipinski definition) is 2. The van der Waals surface area contributed by atoms with E-state index in [1.165, 1.54) is 19.2 Å². The maximum atomic E-state index is 13.4. The van der Waals surface area contributed by atoms with Gasteiger partial charge in [-0.2, -0.15) is 0 Å². The van der Waals surface area contributed by atoms with Gasteiger partial charge in [0.1, 0.15) is 5.82 Å². The summed E-state index contributed by atoms with van der Waals surface area (Å²) in [6.07, 6.45) is -0.259. The lowest BCUT2D eigenvalue weighted by Gasteiger charge is -2.10. The quantitative estimate of drug-likeness (QED) is 0.804. The van der Waals surface area contributed by atoms with Gasteiger partial charge in [0, 0.05) is 13.7 Å². The third-order valence-corrected chi connectivity index (χ3v) is 2.49. The number of amides is 1. The van der Waals surface area contributed by atoms with Crippen LogP contribution in [-0.2, 0) is 4.74 Å². The number of rotatable bonds is 6. The zero-order valence-corrected chi connectivity index (χ0v) is 10.6. The molecule has 0 aliphatic carbocycles. The Balaban J connectivity index is 2.48. The molecule has 1 aromatic carbocycles. The second-order valence-corrected chi connectivity index (χ2v) is 4.14. The second kappa shape index (κ2) is 7.08. The van der Waals surface area contributed by atoms with Crippen LogP contribution in [0.25, 0.3) is 0 Å². The minimum atomic E-state index is -0.627. The molecule has 1 rings (SSSR count). The molecule has 0 fully saturated rings. The molecule has 5 heteroatoms. The lowest BCUT2D eigenvalue weighted by atomic mass is 10.1. The molecule has 0 saturated carbocycles. The van der Waals surface area contributed by atoms with Gasteiger partial charge < -0.3 is 15.2 Å². The normalized spacial score (nSPS) is 12.2. The van der Waals surface area contributed by atoms with Gasteiger partial charge in [-0.25, -0.2) is 4.39 Å². The van der Waals surface area contributed by atoms with Crippen LogP contribution in [0.2, 0.25) is 0 Å². The zero-order chi connectivity index (χ0) is 13.5. The Morgan fingerprint density at radius 1 is 1.56 bits per heavy atom. The first-order valence-electron chi connectivity index (χ1n) is 5.76. The van der Waals surface area contributed by atoms with Gasteiger partial charge in [0.2, 0.25) is 0 Å². The Morgan fingerprint density at radius 2 is 2.28 bits per heavy atom.